The van der Waals surface area contributed by atoms with Crippen molar-refractivity contribution < 1.29 is 23.7 Å². The molecule has 1 aliphatic carbocycles. The largest absolute Gasteiger partial charge is 0.494 e. The lowest BCUT2D eigenvalue weighted by atomic mass is 10.0. The lowest BCUT2D eigenvalue weighted by Gasteiger charge is -2.16. The Labute approximate surface area is 182 Å². The van der Waals surface area contributed by atoms with Crippen LogP contribution < -0.4 is 10.6 Å². The molecule has 0 aromatic carbocycles. The fourth-order valence-electron chi connectivity index (χ4n) is 2.67. The summed E-state index contributed by atoms with van der Waals surface area (Å²) in [5, 5.41) is 6.25. The summed E-state index contributed by atoms with van der Waals surface area (Å²) in [6.45, 7) is 14.0. The maximum atomic E-state index is 12.3. The van der Waals surface area contributed by atoms with E-state index >= 15 is 0 Å². The van der Waals surface area contributed by atoms with E-state index in [1.807, 2.05) is 12.2 Å². The fraction of sp³-hybridized carbons (Fsp3) is 0.783. The molecule has 0 aromatic heterocycles. The van der Waals surface area contributed by atoms with Crippen molar-refractivity contribution in [2.24, 2.45) is 5.92 Å². The van der Waals surface area contributed by atoms with Gasteiger partial charge in [0.25, 0.3) is 0 Å². The standard InChI is InChI=1S/C23H42N2O5/c1-19(2)18-30-22-8-5-7-21(17-22)23(26)25-10-12-28-14-16-29-15-13-27-11-6-9-24-20(3)4/h8,17,19-20,24H,5-7,9-16,18H2,1-4H3,(H,25,26). The average molecular weight is 427 g/mol. The van der Waals surface area contributed by atoms with Gasteiger partial charge in [-0.05, 0) is 43.9 Å². The molecule has 7 nitrogen and oxygen atoms in total. The van der Waals surface area contributed by atoms with Crippen molar-refractivity contribution in [1.29, 1.82) is 0 Å². The van der Waals surface area contributed by atoms with Gasteiger partial charge in [0, 0.05) is 24.8 Å². The van der Waals surface area contributed by atoms with Crippen LogP contribution in [0.2, 0.25) is 0 Å². The van der Waals surface area contributed by atoms with Gasteiger partial charge < -0.3 is 29.6 Å². The number of carbonyl (C=O) groups is 1. The fourth-order valence-corrected chi connectivity index (χ4v) is 2.67. The van der Waals surface area contributed by atoms with Crippen LogP contribution in [0.3, 0.4) is 0 Å². The van der Waals surface area contributed by atoms with E-state index in [1.54, 1.807) is 0 Å². The molecule has 7 heteroatoms. The summed E-state index contributed by atoms with van der Waals surface area (Å²) < 4.78 is 22.2. The lowest BCUT2D eigenvalue weighted by molar-refractivity contribution is -0.117. The molecule has 1 aliphatic rings. The molecular weight excluding hydrogens is 384 g/mol. The Kier molecular flexibility index (Phi) is 15.3. The highest BCUT2D eigenvalue weighted by atomic mass is 16.5. The Morgan fingerprint density at radius 1 is 0.967 bits per heavy atom. The van der Waals surface area contributed by atoms with Gasteiger partial charge in [0.2, 0.25) is 5.91 Å². The predicted molar refractivity (Wildman–Crippen MR) is 119 cm³/mol. The first kappa shape index (κ1) is 26.6. The molecule has 0 fully saturated rings. The van der Waals surface area contributed by atoms with Gasteiger partial charge in [-0.15, -0.1) is 0 Å². The Hall–Kier alpha value is -1.41. The number of carbonyl (C=O) groups excluding carboxylic acids is 1. The molecule has 0 saturated carbocycles. The summed E-state index contributed by atoms with van der Waals surface area (Å²) in [6.07, 6.45) is 6.47. The molecular formula is C23H42N2O5. The van der Waals surface area contributed by atoms with Crippen LogP contribution in [0.15, 0.2) is 23.5 Å². The van der Waals surface area contributed by atoms with Gasteiger partial charge in [0.05, 0.1) is 39.6 Å². The van der Waals surface area contributed by atoms with E-state index in [9.17, 15) is 4.79 Å². The van der Waals surface area contributed by atoms with E-state index in [2.05, 4.69) is 38.3 Å². The second kappa shape index (κ2) is 17.3. The van der Waals surface area contributed by atoms with Crippen LogP contribution in [0.1, 0.15) is 47.0 Å². The minimum absolute atomic E-state index is 0.0469. The SMILES string of the molecule is CC(C)COC1=CCCC(C(=O)NCCOCCOCCOCCCNC(C)C)=C1. The highest BCUT2D eigenvalue weighted by molar-refractivity contribution is 5.94. The molecule has 0 radical (unpaired) electrons. The van der Waals surface area contributed by atoms with Crippen molar-refractivity contribution >= 4 is 5.91 Å². The molecule has 0 aromatic rings. The number of hydrogen-bond acceptors (Lipinski definition) is 6. The molecule has 0 aliphatic heterocycles. The zero-order chi connectivity index (χ0) is 22.0. The second-order valence-corrected chi connectivity index (χ2v) is 8.07. The third kappa shape index (κ3) is 14.6. The van der Waals surface area contributed by atoms with E-state index in [4.69, 9.17) is 18.9 Å². The molecule has 0 bridgehead atoms. The van der Waals surface area contributed by atoms with Crippen LogP contribution in [0.25, 0.3) is 0 Å². The van der Waals surface area contributed by atoms with Gasteiger partial charge in [-0.1, -0.05) is 27.7 Å². The smallest absolute Gasteiger partial charge is 0.247 e. The summed E-state index contributed by atoms with van der Waals surface area (Å²) >= 11 is 0. The molecule has 0 heterocycles. The topological polar surface area (TPSA) is 78.1 Å². The van der Waals surface area contributed by atoms with Crippen LogP contribution >= 0.6 is 0 Å². The number of rotatable bonds is 18. The van der Waals surface area contributed by atoms with Crippen molar-refractivity contribution in [3.63, 3.8) is 0 Å². The molecule has 0 spiro atoms. The van der Waals surface area contributed by atoms with E-state index in [1.165, 1.54) is 0 Å². The summed E-state index contributed by atoms with van der Waals surface area (Å²) in [7, 11) is 0. The Bertz CT molecular complexity index is 518. The molecule has 1 rings (SSSR count). The number of amides is 1. The second-order valence-electron chi connectivity index (χ2n) is 8.07. The van der Waals surface area contributed by atoms with E-state index in [-0.39, 0.29) is 5.91 Å². The number of allylic oxidation sites excluding steroid dienone is 2. The first-order chi connectivity index (χ1) is 14.5. The van der Waals surface area contributed by atoms with Crippen molar-refractivity contribution in [3.8, 4) is 0 Å². The van der Waals surface area contributed by atoms with E-state index in [0.717, 1.165) is 43.7 Å². The normalized spacial score (nSPS) is 14.1. The highest BCUT2D eigenvalue weighted by Gasteiger charge is 2.13. The number of hydrogen-bond donors (Lipinski definition) is 2. The van der Waals surface area contributed by atoms with Crippen LogP contribution in [-0.2, 0) is 23.7 Å². The molecule has 2 N–H and O–H groups in total. The molecule has 0 unspecified atom stereocenters. The number of ether oxygens (including phenoxy) is 4. The molecule has 1 amide bonds. The first-order valence-corrected chi connectivity index (χ1v) is 11.3. The monoisotopic (exact) mass is 426 g/mol. The van der Waals surface area contributed by atoms with Crippen molar-refractivity contribution in [2.75, 3.05) is 59.3 Å². The Morgan fingerprint density at radius 2 is 1.63 bits per heavy atom. The first-order valence-electron chi connectivity index (χ1n) is 11.3. The summed E-state index contributed by atoms with van der Waals surface area (Å²) in [5.74, 6) is 1.21. The van der Waals surface area contributed by atoms with Crippen LogP contribution in [-0.4, -0.2) is 71.3 Å². The molecule has 30 heavy (non-hydrogen) atoms. The minimum Gasteiger partial charge on any atom is -0.494 e. The molecule has 0 atom stereocenters. The Morgan fingerprint density at radius 3 is 2.30 bits per heavy atom. The van der Waals surface area contributed by atoms with Crippen LogP contribution in [0, 0.1) is 5.92 Å². The van der Waals surface area contributed by atoms with Gasteiger partial charge in [0.1, 0.15) is 5.76 Å². The summed E-state index contributed by atoms with van der Waals surface area (Å²) in [4.78, 5) is 12.3. The maximum absolute atomic E-state index is 12.3. The molecule has 174 valence electrons. The summed E-state index contributed by atoms with van der Waals surface area (Å²) in [6, 6.07) is 0.519. The lowest BCUT2D eigenvalue weighted by Crippen LogP contribution is -2.29. The minimum atomic E-state index is -0.0469. The van der Waals surface area contributed by atoms with Gasteiger partial charge in [-0.3, -0.25) is 4.79 Å². The zero-order valence-electron chi connectivity index (χ0n) is 19.3. The van der Waals surface area contributed by atoms with Gasteiger partial charge in [0.15, 0.2) is 0 Å². The van der Waals surface area contributed by atoms with Crippen LogP contribution in [0.5, 0.6) is 0 Å². The zero-order valence-corrected chi connectivity index (χ0v) is 19.3. The van der Waals surface area contributed by atoms with Crippen LogP contribution in [0.4, 0.5) is 0 Å². The van der Waals surface area contributed by atoms with E-state index < -0.39 is 0 Å². The highest BCUT2D eigenvalue weighted by Crippen LogP contribution is 2.18. The maximum Gasteiger partial charge on any atom is 0.247 e. The third-order valence-corrected chi connectivity index (χ3v) is 4.24. The Balaban J connectivity index is 1.94. The molecule has 0 saturated heterocycles. The third-order valence-electron chi connectivity index (χ3n) is 4.24. The summed E-state index contributed by atoms with van der Waals surface area (Å²) in [5.41, 5.74) is 0.763. The van der Waals surface area contributed by atoms with Gasteiger partial charge in [-0.25, -0.2) is 0 Å². The van der Waals surface area contributed by atoms with E-state index in [0.29, 0.717) is 58.1 Å². The van der Waals surface area contributed by atoms with Crippen molar-refractivity contribution in [3.05, 3.63) is 23.5 Å². The quantitative estimate of drug-likeness (QED) is 0.328. The average Bonchev–Trinajstić information content (AvgIpc) is 2.72. The van der Waals surface area contributed by atoms with Crippen molar-refractivity contribution in [1.82, 2.24) is 10.6 Å². The van der Waals surface area contributed by atoms with Gasteiger partial charge >= 0.3 is 0 Å². The predicted octanol–water partition coefficient (Wildman–Crippen LogP) is 2.82. The van der Waals surface area contributed by atoms with Crippen molar-refractivity contribution in [2.45, 2.75) is 53.0 Å². The number of nitrogens with one attached hydrogen (secondary N) is 2. The van der Waals surface area contributed by atoms with Gasteiger partial charge in [-0.2, -0.15) is 0 Å².